The Hall–Kier alpha value is -0.0800. The van der Waals surface area contributed by atoms with Crippen molar-refractivity contribution in [2.45, 2.75) is 44.6 Å². The Morgan fingerprint density at radius 1 is 1.23 bits per heavy atom. The first-order chi connectivity index (χ1) is 6.18. The molecular weight excluding hydrogens is 164 g/mol. The van der Waals surface area contributed by atoms with Crippen LogP contribution < -0.4 is 0 Å². The third-order valence-corrected chi connectivity index (χ3v) is 4.97. The first-order valence-electron chi connectivity index (χ1n) is 5.43. The molecule has 3 fully saturated rings. The van der Waals surface area contributed by atoms with Crippen LogP contribution in [-0.2, 0) is 4.74 Å². The van der Waals surface area contributed by atoms with E-state index in [4.69, 9.17) is 9.84 Å². The molecule has 1 atom stereocenters. The highest BCUT2D eigenvalue weighted by Crippen LogP contribution is 2.75. The summed E-state index contributed by atoms with van der Waals surface area (Å²) < 4.78 is 5.99. The molecule has 1 heterocycles. The summed E-state index contributed by atoms with van der Waals surface area (Å²) in [4.78, 5) is 0. The van der Waals surface area contributed by atoms with Crippen LogP contribution >= 0.6 is 0 Å². The molecule has 1 unspecified atom stereocenters. The van der Waals surface area contributed by atoms with E-state index in [1.807, 2.05) is 0 Å². The lowest BCUT2D eigenvalue weighted by Crippen LogP contribution is -2.37. The van der Waals surface area contributed by atoms with Gasteiger partial charge in [0.1, 0.15) is 0 Å². The second-order valence-electron chi connectivity index (χ2n) is 5.37. The van der Waals surface area contributed by atoms with Crippen LogP contribution in [0, 0.1) is 10.8 Å². The molecule has 74 valence electrons. The van der Waals surface area contributed by atoms with Gasteiger partial charge in [0.2, 0.25) is 0 Å². The first kappa shape index (κ1) is 8.25. The van der Waals surface area contributed by atoms with Crippen LogP contribution in [0.25, 0.3) is 0 Å². The monoisotopic (exact) mass is 182 g/mol. The maximum absolute atomic E-state index is 9.16. The van der Waals surface area contributed by atoms with E-state index in [0.717, 1.165) is 13.0 Å². The molecule has 2 spiro atoms. The third-order valence-electron chi connectivity index (χ3n) is 4.97. The number of aliphatic hydroxyl groups excluding tert-OH is 1. The molecule has 0 bridgehead atoms. The highest BCUT2D eigenvalue weighted by Gasteiger charge is 2.74. The van der Waals surface area contributed by atoms with Crippen molar-refractivity contribution in [3.05, 3.63) is 0 Å². The van der Waals surface area contributed by atoms with Gasteiger partial charge in [-0.2, -0.15) is 0 Å². The molecule has 2 nitrogen and oxygen atoms in total. The molecule has 2 aliphatic carbocycles. The Balaban J connectivity index is 1.94. The number of rotatable bonds is 2. The molecule has 2 heteroatoms. The molecule has 0 amide bonds. The van der Waals surface area contributed by atoms with Gasteiger partial charge in [-0.3, -0.25) is 0 Å². The molecule has 0 aromatic heterocycles. The minimum absolute atomic E-state index is 0.187. The lowest BCUT2D eigenvalue weighted by molar-refractivity contribution is 0.0156. The Kier molecular flexibility index (Phi) is 1.34. The van der Waals surface area contributed by atoms with Crippen molar-refractivity contribution in [1.82, 2.24) is 0 Å². The maximum Gasteiger partial charge on any atom is 0.0745 e. The van der Waals surface area contributed by atoms with Crippen LogP contribution in [0.3, 0.4) is 0 Å². The predicted octanol–water partition coefficient (Wildman–Crippen LogP) is 1.72. The Morgan fingerprint density at radius 3 is 2.38 bits per heavy atom. The summed E-state index contributed by atoms with van der Waals surface area (Å²) in [7, 11) is 0. The van der Waals surface area contributed by atoms with Crippen molar-refractivity contribution in [2.24, 2.45) is 10.8 Å². The molecule has 1 saturated heterocycles. The van der Waals surface area contributed by atoms with Crippen molar-refractivity contribution in [3.8, 4) is 0 Å². The van der Waals surface area contributed by atoms with Crippen molar-refractivity contribution in [3.63, 3.8) is 0 Å². The second-order valence-corrected chi connectivity index (χ2v) is 5.37. The summed E-state index contributed by atoms with van der Waals surface area (Å²) in [5, 5.41) is 9.16. The molecule has 0 radical (unpaired) electrons. The summed E-state index contributed by atoms with van der Waals surface area (Å²) >= 11 is 0. The number of ether oxygens (including phenoxy) is 1. The Labute approximate surface area is 79.3 Å². The van der Waals surface area contributed by atoms with E-state index in [-0.39, 0.29) is 11.0 Å². The minimum Gasteiger partial charge on any atom is -0.396 e. The standard InChI is InChI=1S/C11H18O2/c1-9(6-7-12)10(2-3-10)8-13-11(9)4-5-11/h12H,2-8H2,1H3. The molecule has 2 saturated carbocycles. The summed E-state index contributed by atoms with van der Waals surface area (Å²) in [6, 6.07) is 0. The molecule has 0 aromatic rings. The largest absolute Gasteiger partial charge is 0.396 e. The number of hydrogen-bond acceptors (Lipinski definition) is 2. The van der Waals surface area contributed by atoms with E-state index in [1.54, 1.807) is 0 Å². The van der Waals surface area contributed by atoms with E-state index in [9.17, 15) is 0 Å². The topological polar surface area (TPSA) is 29.5 Å². The first-order valence-corrected chi connectivity index (χ1v) is 5.43. The fourth-order valence-corrected chi connectivity index (χ4v) is 3.45. The van der Waals surface area contributed by atoms with Gasteiger partial charge in [-0.15, -0.1) is 0 Å². The van der Waals surface area contributed by atoms with Crippen LogP contribution in [0.2, 0.25) is 0 Å². The molecule has 1 N–H and O–H groups in total. The highest BCUT2D eigenvalue weighted by atomic mass is 16.5. The smallest absolute Gasteiger partial charge is 0.0745 e. The quantitative estimate of drug-likeness (QED) is 0.704. The zero-order chi connectivity index (χ0) is 9.16. The van der Waals surface area contributed by atoms with Crippen LogP contribution in [0.4, 0.5) is 0 Å². The SMILES string of the molecule is CC1(CCO)C2(CC2)COC12CC2. The van der Waals surface area contributed by atoms with Crippen molar-refractivity contribution >= 4 is 0 Å². The van der Waals surface area contributed by atoms with Crippen molar-refractivity contribution < 1.29 is 9.84 Å². The normalized spacial score (nSPS) is 42.9. The van der Waals surface area contributed by atoms with Gasteiger partial charge in [0.25, 0.3) is 0 Å². The minimum atomic E-state index is 0.187. The zero-order valence-electron chi connectivity index (χ0n) is 8.31. The van der Waals surface area contributed by atoms with Gasteiger partial charge in [0, 0.05) is 17.4 Å². The molecule has 3 aliphatic rings. The van der Waals surface area contributed by atoms with Crippen molar-refractivity contribution in [1.29, 1.82) is 0 Å². The average molecular weight is 182 g/mol. The second kappa shape index (κ2) is 2.12. The fourth-order valence-electron chi connectivity index (χ4n) is 3.45. The molecule has 3 rings (SSSR count). The molecule has 0 aromatic carbocycles. The van der Waals surface area contributed by atoms with Gasteiger partial charge in [0.15, 0.2) is 0 Å². The van der Waals surface area contributed by atoms with Crippen LogP contribution in [0.5, 0.6) is 0 Å². The van der Waals surface area contributed by atoms with Crippen molar-refractivity contribution in [2.75, 3.05) is 13.2 Å². The van der Waals surface area contributed by atoms with E-state index in [2.05, 4.69) is 6.92 Å². The van der Waals surface area contributed by atoms with E-state index < -0.39 is 0 Å². The van der Waals surface area contributed by atoms with Crippen LogP contribution in [-0.4, -0.2) is 23.9 Å². The van der Waals surface area contributed by atoms with Gasteiger partial charge < -0.3 is 9.84 Å². The van der Waals surface area contributed by atoms with Gasteiger partial charge in [-0.1, -0.05) is 6.92 Å². The fraction of sp³-hybridized carbons (Fsp3) is 1.00. The van der Waals surface area contributed by atoms with Gasteiger partial charge in [-0.05, 0) is 32.1 Å². The lowest BCUT2D eigenvalue weighted by Gasteiger charge is -2.35. The number of hydrogen-bond donors (Lipinski definition) is 1. The van der Waals surface area contributed by atoms with Gasteiger partial charge in [-0.25, -0.2) is 0 Å². The van der Waals surface area contributed by atoms with E-state index in [0.29, 0.717) is 12.0 Å². The van der Waals surface area contributed by atoms with E-state index >= 15 is 0 Å². The van der Waals surface area contributed by atoms with Crippen LogP contribution in [0.1, 0.15) is 39.0 Å². The van der Waals surface area contributed by atoms with Gasteiger partial charge in [0.05, 0.1) is 12.2 Å². The summed E-state index contributed by atoms with van der Waals surface area (Å²) in [6.07, 6.45) is 6.04. The lowest BCUT2D eigenvalue weighted by atomic mass is 9.68. The Bertz CT molecular complexity index is 218. The third kappa shape index (κ3) is 0.774. The van der Waals surface area contributed by atoms with Crippen LogP contribution in [0.15, 0.2) is 0 Å². The highest BCUT2D eigenvalue weighted by molar-refractivity contribution is 5.23. The van der Waals surface area contributed by atoms with Gasteiger partial charge >= 0.3 is 0 Å². The molecular formula is C11H18O2. The van der Waals surface area contributed by atoms with E-state index in [1.165, 1.54) is 25.7 Å². The zero-order valence-corrected chi connectivity index (χ0v) is 8.31. The summed E-state index contributed by atoms with van der Waals surface area (Å²) in [6.45, 7) is 3.63. The molecule has 13 heavy (non-hydrogen) atoms. The molecule has 1 aliphatic heterocycles. The summed E-state index contributed by atoms with van der Waals surface area (Å²) in [5.74, 6) is 0. The summed E-state index contributed by atoms with van der Waals surface area (Å²) in [5.41, 5.74) is 0.938. The maximum atomic E-state index is 9.16. The predicted molar refractivity (Wildman–Crippen MR) is 49.4 cm³/mol. The Morgan fingerprint density at radius 2 is 1.92 bits per heavy atom. The number of aliphatic hydroxyl groups is 1. The average Bonchev–Trinajstić information content (AvgIpc) is 2.98.